The topological polar surface area (TPSA) is 93.8 Å². The summed E-state index contributed by atoms with van der Waals surface area (Å²) in [6, 6.07) is 0. The first-order chi connectivity index (χ1) is 9.11. The Morgan fingerprint density at radius 1 is 1.58 bits per heavy atom. The Morgan fingerprint density at radius 3 is 2.95 bits per heavy atom. The van der Waals surface area contributed by atoms with Crippen LogP contribution in [0.3, 0.4) is 0 Å². The Kier molecular flexibility index (Phi) is 4.20. The standard InChI is InChI=1S/C11H15N5O2S/c1-3-8(4-9(17)18)5-16-11(13-14-15-16)10-7(2)12-6-19-10/h6,8H,3-5H2,1-2H3,(H,17,18). The molecule has 7 nitrogen and oxygen atoms in total. The van der Waals surface area contributed by atoms with Crippen LogP contribution in [0.5, 0.6) is 0 Å². The van der Waals surface area contributed by atoms with Crippen LogP contribution in [-0.2, 0) is 11.3 Å². The molecule has 0 spiro atoms. The molecule has 2 aromatic rings. The summed E-state index contributed by atoms with van der Waals surface area (Å²) in [4.78, 5) is 15.9. The molecule has 0 aliphatic carbocycles. The molecular weight excluding hydrogens is 266 g/mol. The van der Waals surface area contributed by atoms with E-state index in [1.165, 1.54) is 11.3 Å². The second kappa shape index (κ2) is 5.87. The van der Waals surface area contributed by atoms with Gasteiger partial charge in [0.25, 0.3) is 0 Å². The fourth-order valence-electron chi connectivity index (χ4n) is 1.84. The molecule has 0 fully saturated rings. The lowest BCUT2D eigenvalue weighted by Gasteiger charge is -2.12. The number of nitrogens with zero attached hydrogens (tertiary/aromatic N) is 5. The number of carbonyl (C=O) groups is 1. The minimum Gasteiger partial charge on any atom is -0.481 e. The number of tetrazole rings is 1. The van der Waals surface area contributed by atoms with Crippen LogP contribution in [0.15, 0.2) is 5.51 Å². The largest absolute Gasteiger partial charge is 0.481 e. The fraction of sp³-hybridized carbons (Fsp3) is 0.545. The van der Waals surface area contributed by atoms with Crippen LogP contribution in [0.25, 0.3) is 10.7 Å². The number of rotatable bonds is 6. The van der Waals surface area contributed by atoms with Gasteiger partial charge in [0, 0.05) is 13.0 Å². The lowest BCUT2D eigenvalue weighted by Crippen LogP contribution is -2.16. The van der Waals surface area contributed by atoms with E-state index in [0.29, 0.717) is 12.4 Å². The molecule has 1 atom stereocenters. The van der Waals surface area contributed by atoms with Crippen molar-refractivity contribution in [3.8, 4) is 10.7 Å². The number of hydrogen-bond donors (Lipinski definition) is 1. The van der Waals surface area contributed by atoms with Crippen LogP contribution in [-0.4, -0.2) is 36.3 Å². The molecule has 1 unspecified atom stereocenters. The van der Waals surface area contributed by atoms with Crippen molar-refractivity contribution in [1.82, 2.24) is 25.2 Å². The second-order valence-electron chi connectivity index (χ2n) is 4.32. The van der Waals surface area contributed by atoms with E-state index in [9.17, 15) is 4.79 Å². The van der Waals surface area contributed by atoms with E-state index < -0.39 is 5.97 Å². The van der Waals surface area contributed by atoms with Crippen LogP contribution in [0.2, 0.25) is 0 Å². The van der Waals surface area contributed by atoms with Gasteiger partial charge in [-0.1, -0.05) is 13.3 Å². The molecule has 0 saturated carbocycles. The zero-order chi connectivity index (χ0) is 13.8. The minimum atomic E-state index is -0.796. The highest BCUT2D eigenvalue weighted by atomic mass is 32.1. The number of hydrogen-bond acceptors (Lipinski definition) is 6. The lowest BCUT2D eigenvalue weighted by atomic mass is 10.0. The Bertz CT molecular complexity index is 565. The predicted octanol–water partition coefficient (Wildman–Crippen LogP) is 1.61. The van der Waals surface area contributed by atoms with Crippen molar-refractivity contribution in [1.29, 1.82) is 0 Å². The Morgan fingerprint density at radius 2 is 2.37 bits per heavy atom. The molecule has 8 heteroatoms. The third-order valence-electron chi connectivity index (χ3n) is 2.95. The number of carboxylic acid groups (broad SMARTS) is 1. The van der Waals surface area contributed by atoms with Gasteiger partial charge in [-0.3, -0.25) is 4.79 Å². The van der Waals surface area contributed by atoms with E-state index in [1.54, 1.807) is 10.2 Å². The van der Waals surface area contributed by atoms with Crippen LogP contribution in [0.4, 0.5) is 0 Å². The third-order valence-corrected chi connectivity index (χ3v) is 3.88. The summed E-state index contributed by atoms with van der Waals surface area (Å²) in [6.45, 7) is 4.37. The molecule has 0 amide bonds. The summed E-state index contributed by atoms with van der Waals surface area (Å²) in [5.74, 6) is -0.118. The number of aromatic nitrogens is 5. The molecule has 19 heavy (non-hydrogen) atoms. The monoisotopic (exact) mass is 281 g/mol. The molecule has 1 N–H and O–H groups in total. The summed E-state index contributed by atoms with van der Waals surface area (Å²) in [6.07, 6.45) is 0.894. The normalized spacial score (nSPS) is 12.5. The van der Waals surface area contributed by atoms with E-state index >= 15 is 0 Å². The molecule has 0 bridgehead atoms. The molecule has 2 aromatic heterocycles. The lowest BCUT2D eigenvalue weighted by molar-refractivity contribution is -0.138. The summed E-state index contributed by atoms with van der Waals surface area (Å²) in [5, 5.41) is 20.5. The van der Waals surface area contributed by atoms with E-state index in [2.05, 4.69) is 20.5 Å². The van der Waals surface area contributed by atoms with Gasteiger partial charge in [-0.25, -0.2) is 9.67 Å². The molecule has 0 aliphatic rings. The molecule has 0 aromatic carbocycles. The molecular formula is C11H15N5O2S. The average Bonchev–Trinajstić information content (AvgIpc) is 2.96. The molecule has 2 heterocycles. The van der Waals surface area contributed by atoms with Crippen molar-refractivity contribution in [2.45, 2.75) is 33.2 Å². The zero-order valence-corrected chi connectivity index (χ0v) is 11.6. The van der Waals surface area contributed by atoms with Gasteiger partial charge in [-0.05, 0) is 23.3 Å². The number of aliphatic carboxylic acids is 1. The van der Waals surface area contributed by atoms with Crippen LogP contribution in [0, 0.1) is 12.8 Å². The quantitative estimate of drug-likeness (QED) is 0.864. The van der Waals surface area contributed by atoms with Crippen LogP contribution in [0.1, 0.15) is 25.5 Å². The average molecular weight is 281 g/mol. The van der Waals surface area contributed by atoms with Gasteiger partial charge in [0.2, 0.25) is 0 Å². The first kappa shape index (κ1) is 13.6. The van der Waals surface area contributed by atoms with Gasteiger partial charge in [0.15, 0.2) is 5.82 Å². The van der Waals surface area contributed by atoms with E-state index in [0.717, 1.165) is 17.0 Å². The molecule has 0 aliphatic heterocycles. The summed E-state index contributed by atoms with van der Waals surface area (Å²) in [5.41, 5.74) is 2.63. The van der Waals surface area contributed by atoms with Crippen LogP contribution < -0.4 is 0 Å². The maximum absolute atomic E-state index is 10.8. The summed E-state index contributed by atoms with van der Waals surface area (Å²) >= 11 is 1.48. The van der Waals surface area contributed by atoms with Gasteiger partial charge in [0.05, 0.1) is 16.1 Å². The van der Waals surface area contributed by atoms with Crippen LogP contribution >= 0.6 is 11.3 Å². The smallest absolute Gasteiger partial charge is 0.303 e. The van der Waals surface area contributed by atoms with Crippen molar-refractivity contribution in [3.05, 3.63) is 11.2 Å². The van der Waals surface area contributed by atoms with Crippen molar-refractivity contribution in [2.24, 2.45) is 5.92 Å². The van der Waals surface area contributed by atoms with Crippen molar-refractivity contribution in [2.75, 3.05) is 0 Å². The Balaban J connectivity index is 2.20. The SMILES string of the molecule is CCC(CC(=O)O)Cn1nnnc1-c1scnc1C. The van der Waals surface area contributed by atoms with Gasteiger partial charge < -0.3 is 5.11 Å². The highest BCUT2D eigenvalue weighted by Gasteiger charge is 2.18. The number of aryl methyl sites for hydroxylation is 1. The van der Waals surface area contributed by atoms with Crippen molar-refractivity contribution < 1.29 is 9.90 Å². The second-order valence-corrected chi connectivity index (χ2v) is 5.18. The van der Waals surface area contributed by atoms with E-state index in [1.807, 2.05) is 13.8 Å². The van der Waals surface area contributed by atoms with Crippen molar-refractivity contribution >= 4 is 17.3 Å². The van der Waals surface area contributed by atoms with Gasteiger partial charge in [0.1, 0.15) is 0 Å². The third kappa shape index (κ3) is 3.14. The summed E-state index contributed by atoms with van der Waals surface area (Å²) in [7, 11) is 0. The van der Waals surface area contributed by atoms with E-state index in [4.69, 9.17) is 5.11 Å². The zero-order valence-electron chi connectivity index (χ0n) is 10.8. The highest BCUT2D eigenvalue weighted by Crippen LogP contribution is 2.25. The number of thiazole rings is 1. The summed E-state index contributed by atoms with van der Waals surface area (Å²) < 4.78 is 1.66. The predicted molar refractivity (Wildman–Crippen MR) is 69.7 cm³/mol. The maximum atomic E-state index is 10.8. The minimum absolute atomic E-state index is 0.0213. The van der Waals surface area contributed by atoms with Crippen molar-refractivity contribution in [3.63, 3.8) is 0 Å². The Hall–Kier alpha value is -1.83. The van der Waals surface area contributed by atoms with E-state index in [-0.39, 0.29) is 12.3 Å². The molecule has 102 valence electrons. The van der Waals surface area contributed by atoms with Gasteiger partial charge in [-0.2, -0.15) is 0 Å². The first-order valence-electron chi connectivity index (χ1n) is 6.00. The molecule has 2 rings (SSSR count). The number of carboxylic acids is 1. The molecule has 0 saturated heterocycles. The molecule has 0 radical (unpaired) electrons. The fourth-order valence-corrected chi connectivity index (χ4v) is 2.63. The Labute approximate surface area is 114 Å². The highest BCUT2D eigenvalue weighted by molar-refractivity contribution is 7.13. The van der Waals surface area contributed by atoms with Gasteiger partial charge >= 0.3 is 5.97 Å². The first-order valence-corrected chi connectivity index (χ1v) is 6.88. The van der Waals surface area contributed by atoms with Gasteiger partial charge in [-0.15, -0.1) is 16.4 Å². The maximum Gasteiger partial charge on any atom is 0.303 e.